The molecular formula is C20H29F2N3O3. The van der Waals surface area contributed by atoms with E-state index in [1.165, 1.54) is 7.05 Å². The SMILES string of the molecule is CCCCCCN(CCC)c1c(F)cc(N2CC(C(=O)NC)OC2=O)cc1F. The Labute approximate surface area is 164 Å². The molecule has 1 fully saturated rings. The third-order valence-corrected chi connectivity index (χ3v) is 4.76. The smallest absolute Gasteiger partial charge is 0.415 e. The summed E-state index contributed by atoms with van der Waals surface area (Å²) < 4.78 is 34.6. The average molecular weight is 397 g/mol. The highest BCUT2D eigenvalue weighted by Crippen LogP contribution is 2.31. The molecule has 0 radical (unpaired) electrons. The van der Waals surface area contributed by atoms with Gasteiger partial charge in [-0.25, -0.2) is 13.6 Å². The second-order valence-corrected chi connectivity index (χ2v) is 6.90. The summed E-state index contributed by atoms with van der Waals surface area (Å²) in [6.45, 7) is 5.10. The maximum Gasteiger partial charge on any atom is 0.415 e. The molecule has 1 saturated heterocycles. The lowest BCUT2D eigenvalue weighted by Gasteiger charge is -2.26. The highest BCUT2D eigenvalue weighted by molar-refractivity contribution is 5.95. The number of nitrogens with one attached hydrogen (secondary N) is 1. The normalized spacial score (nSPS) is 16.2. The van der Waals surface area contributed by atoms with Gasteiger partial charge in [0.15, 0.2) is 17.7 Å². The second kappa shape index (κ2) is 10.2. The van der Waals surface area contributed by atoms with E-state index in [4.69, 9.17) is 4.74 Å². The van der Waals surface area contributed by atoms with Crippen LogP contribution in [-0.4, -0.2) is 44.8 Å². The topological polar surface area (TPSA) is 61.9 Å². The lowest BCUT2D eigenvalue weighted by molar-refractivity contribution is -0.127. The molecule has 1 aliphatic rings. The summed E-state index contributed by atoms with van der Waals surface area (Å²) in [5.41, 5.74) is -0.0323. The Bertz CT molecular complexity index is 676. The quantitative estimate of drug-likeness (QED) is 0.610. The van der Waals surface area contributed by atoms with Gasteiger partial charge in [-0.1, -0.05) is 33.1 Å². The molecule has 28 heavy (non-hydrogen) atoms. The van der Waals surface area contributed by atoms with Crippen LogP contribution in [0.2, 0.25) is 0 Å². The molecule has 0 bridgehead atoms. The van der Waals surface area contributed by atoms with Gasteiger partial charge in [0.05, 0.1) is 12.2 Å². The van der Waals surface area contributed by atoms with Gasteiger partial charge in [-0.2, -0.15) is 0 Å². The number of anilines is 2. The zero-order valence-corrected chi connectivity index (χ0v) is 16.8. The van der Waals surface area contributed by atoms with Gasteiger partial charge in [-0.05, 0) is 12.8 Å². The summed E-state index contributed by atoms with van der Waals surface area (Å²) in [5.74, 6) is -1.92. The van der Waals surface area contributed by atoms with Crippen molar-refractivity contribution >= 4 is 23.4 Å². The lowest BCUT2D eigenvalue weighted by atomic mass is 10.1. The van der Waals surface area contributed by atoms with E-state index >= 15 is 0 Å². The molecule has 0 saturated carbocycles. The maximum absolute atomic E-state index is 14.8. The van der Waals surface area contributed by atoms with E-state index < -0.39 is 29.7 Å². The molecule has 1 aromatic carbocycles. The Morgan fingerprint density at radius 1 is 1.18 bits per heavy atom. The summed E-state index contributed by atoms with van der Waals surface area (Å²) in [7, 11) is 1.43. The number of halogens is 2. The molecule has 1 aromatic rings. The summed E-state index contributed by atoms with van der Waals surface area (Å²) in [6.07, 6.45) is 3.02. The minimum Gasteiger partial charge on any atom is -0.434 e. The Morgan fingerprint density at radius 3 is 2.43 bits per heavy atom. The van der Waals surface area contributed by atoms with E-state index in [0.717, 1.165) is 49.1 Å². The minimum absolute atomic E-state index is 0.0394. The number of hydrogen-bond donors (Lipinski definition) is 1. The number of cyclic esters (lactones) is 1. The maximum atomic E-state index is 14.8. The van der Waals surface area contributed by atoms with Crippen LogP contribution in [0, 0.1) is 11.6 Å². The Hall–Kier alpha value is -2.38. The molecule has 1 heterocycles. The van der Waals surface area contributed by atoms with Crippen molar-refractivity contribution < 1.29 is 23.1 Å². The third kappa shape index (κ3) is 5.11. The molecular weight excluding hydrogens is 368 g/mol. The van der Waals surface area contributed by atoms with Crippen LogP contribution in [0.5, 0.6) is 0 Å². The predicted octanol–water partition coefficient (Wildman–Crippen LogP) is 3.83. The number of amides is 2. The second-order valence-electron chi connectivity index (χ2n) is 6.90. The number of nitrogens with zero attached hydrogens (tertiary/aromatic N) is 2. The molecule has 6 nitrogen and oxygen atoms in total. The van der Waals surface area contributed by atoms with E-state index in [1.807, 2.05) is 6.92 Å². The van der Waals surface area contributed by atoms with Crippen molar-refractivity contribution in [2.24, 2.45) is 0 Å². The zero-order valence-electron chi connectivity index (χ0n) is 16.8. The summed E-state index contributed by atoms with van der Waals surface area (Å²) >= 11 is 0. The Kier molecular flexibility index (Phi) is 8.02. The summed E-state index contributed by atoms with van der Waals surface area (Å²) in [4.78, 5) is 26.5. The first-order valence-electron chi connectivity index (χ1n) is 9.86. The van der Waals surface area contributed by atoms with E-state index in [2.05, 4.69) is 12.2 Å². The first-order valence-corrected chi connectivity index (χ1v) is 9.86. The van der Waals surface area contributed by atoms with Crippen molar-refractivity contribution in [1.82, 2.24) is 5.32 Å². The van der Waals surface area contributed by atoms with E-state index in [9.17, 15) is 18.4 Å². The van der Waals surface area contributed by atoms with Crippen LogP contribution < -0.4 is 15.1 Å². The van der Waals surface area contributed by atoms with Crippen molar-refractivity contribution in [2.45, 2.75) is 52.1 Å². The van der Waals surface area contributed by atoms with Crippen LogP contribution in [0.25, 0.3) is 0 Å². The molecule has 2 rings (SSSR count). The van der Waals surface area contributed by atoms with Gasteiger partial charge in [-0.3, -0.25) is 9.69 Å². The molecule has 156 valence electrons. The number of hydrogen-bond acceptors (Lipinski definition) is 4. The van der Waals surface area contributed by atoms with Crippen LogP contribution in [-0.2, 0) is 9.53 Å². The number of benzene rings is 1. The Morgan fingerprint density at radius 2 is 1.86 bits per heavy atom. The molecule has 0 spiro atoms. The molecule has 0 aromatic heterocycles. The number of likely N-dealkylation sites (N-methyl/N-ethyl adjacent to an activating group) is 1. The van der Waals surface area contributed by atoms with Gasteiger partial charge >= 0.3 is 6.09 Å². The van der Waals surface area contributed by atoms with Crippen LogP contribution in [0.4, 0.5) is 25.0 Å². The molecule has 1 atom stereocenters. The van der Waals surface area contributed by atoms with Crippen molar-refractivity contribution in [3.63, 3.8) is 0 Å². The molecule has 1 unspecified atom stereocenters. The van der Waals surface area contributed by atoms with E-state index in [1.54, 1.807) is 4.90 Å². The van der Waals surface area contributed by atoms with E-state index in [0.29, 0.717) is 13.1 Å². The van der Waals surface area contributed by atoms with Crippen LogP contribution in [0.3, 0.4) is 0 Å². The lowest BCUT2D eigenvalue weighted by Crippen LogP contribution is -2.35. The van der Waals surface area contributed by atoms with Gasteiger partial charge in [0.2, 0.25) is 0 Å². The zero-order chi connectivity index (χ0) is 20.7. The molecule has 1 aliphatic heterocycles. The van der Waals surface area contributed by atoms with Crippen molar-refractivity contribution in [3.8, 4) is 0 Å². The van der Waals surface area contributed by atoms with Crippen LogP contribution >= 0.6 is 0 Å². The standard InChI is InChI=1S/C20H29F2N3O3/c1-4-6-7-8-10-24(9-5-2)18-15(21)11-14(12-16(18)22)25-13-17(19(26)23-3)28-20(25)27/h11-12,17H,4-10,13H2,1-3H3,(H,23,26). The number of carbonyl (C=O) groups excluding carboxylic acids is 2. The highest BCUT2D eigenvalue weighted by Gasteiger charge is 2.37. The predicted molar refractivity (Wildman–Crippen MR) is 105 cm³/mol. The first-order chi connectivity index (χ1) is 13.4. The van der Waals surface area contributed by atoms with Gasteiger partial charge in [-0.15, -0.1) is 0 Å². The van der Waals surface area contributed by atoms with Gasteiger partial charge < -0.3 is 15.0 Å². The first kappa shape index (κ1) is 21.9. The fourth-order valence-corrected chi connectivity index (χ4v) is 3.32. The fraction of sp³-hybridized carbons (Fsp3) is 0.600. The number of rotatable bonds is 10. The fourth-order valence-electron chi connectivity index (χ4n) is 3.32. The monoisotopic (exact) mass is 397 g/mol. The minimum atomic E-state index is -1.00. The van der Waals surface area contributed by atoms with Crippen LogP contribution in [0.15, 0.2) is 12.1 Å². The van der Waals surface area contributed by atoms with Gasteiger partial charge in [0.1, 0.15) is 5.69 Å². The molecule has 0 aliphatic carbocycles. The highest BCUT2D eigenvalue weighted by atomic mass is 19.1. The Balaban J connectivity index is 2.21. The molecule has 2 amide bonds. The number of carbonyl (C=O) groups is 2. The van der Waals surface area contributed by atoms with Crippen molar-refractivity contribution in [2.75, 3.05) is 36.5 Å². The van der Waals surface area contributed by atoms with Gasteiger partial charge in [0, 0.05) is 32.3 Å². The van der Waals surface area contributed by atoms with Crippen molar-refractivity contribution in [1.29, 1.82) is 0 Å². The van der Waals surface area contributed by atoms with Crippen LogP contribution in [0.1, 0.15) is 46.0 Å². The van der Waals surface area contributed by atoms with Crippen molar-refractivity contribution in [3.05, 3.63) is 23.8 Å². The largest absolute Gasteiger partial charge is 0.434 e. The summed E-state index contributed by atoms with van der Waals surface area (Å²) in [5, 5.41) is 2.39. The molecule has 1 N–H and O–H groups in total. The van der Waals surface area contributed by atoms with E-state index in [-0.39, 0.29) is 17.9 Å². The number of unbranched alkanes of at least 4 members (excludes halogenated alkanes) is 3. The average Bonchev–Trinajstić information content (AvgIpc) is 3.05. The molecule has 8 heteroatoms. The summed E-state index contributed by atoms with van der Waals surface area (Å²) in [6, 6.07) is 2.25. The third-order valence-electron chi connectivity index (χ3n) is 4.76. The number of ether oxygens (including phenoxy) is 1. The van der Waals surface area contributed by atoms with Gasteiger partial charge in [0.25, 0.3) is 5.91 Å².